The second-order valence-electron chi connectivity index (χ2n) is 15.8. The number of hydrogen-bond donors (Lipinski definition) is 1. The topological polar surface area (TPSA) is 76.5 Å². The summed E-state index contributed by atoms with van der Waals surface area (Å²) in [6.07, 6.45) is 2.33. The van der Waals surface area contributed by atoms with Crippen LogP contribution in [0.2, 0.25) is 0 Å². The Hall–Kier alpha value is -4.24. The van der Waals surface area contributed by atoms with Crippen molar-refractivity contribution in [2.24, 2.45) is 17.3 Å². The van der Waals surface area contributed by atoms with Crippen molar-refractivity contribution in [1.29, 1.82) is 0 Å². The number of halogens is 3. The Morgan fingerprint density at radius 1 is 0.862 bits per heavy atom. The van der Waals surface area contributed by atoms with Crippen LogP contribution >= 0.6 is 11.3 Å². The molecule has 3 aromatic carbocycles. The Morgan fingerprint density at radius 3 is 2.17 bits per heavy atom. The molecule has 0 aliphatic rings. The van der Waals surface area contributed by atoms with Crippen LogP contribution in [-0.4, -0.2) is 22.1 Å². The first-order valence-electron chi connectivity index (χ1n) is 19.8. The maximum Gasteiger partial charge on any atom is 0.394 e. The van der Waals surface area contributed by atoms with E-state index in [1.807, 2.05) is 47.7 Å². The van der Waals surface area contributed by atoms with Crippen LogP contribution in [0, 0.1) is 44.1 Å². The largest absolute Gasteiger partial charge is 0.512 e. The molecule has 58 heavy (non-hydrogen) atoms. The molecule has 5 nitrogen and oxygen atoms in total. The van der Waals surface area contributed by atoms with Gasteiger partial charge in [0.05, 0.1) is 16.6 Å². The summed E-state index contributed by atoms with van der Waals surface area (Å²) in [7, 11) is 0. The minimum Gasteiger partial charge on any atom is -0.512 e. The quantitative estimate of drug-likeness (QED) is 0.0794. The summed E-state index contributed by atoms with van der Waals surface area (Å²) < 4.78 is 55.1. The molecule has 10 heteroatoms. The number of thiophene rings is 1. The zero-order chi connectivity index (χ0) is 41.4. The number of aromatic nitrogens is 1. The van der Waals surface area contributed by atoms with Crippen LogP contribution in [0.25, 0.3) is 64.9 Å². The summed E-state index contributed by atoms with van der Waals surface area (Å²) >= 11 is 1.70. The van der Waals surface area contributed by atoms with E-state index in [1.54, 1.807) is 29.5 Å². The van der Waals surface area contributed by atoms with Crippen molar-refractivity contribution in [3.05, 3.63) is 101 Å². The van der Waals surface area contributed by atoms with E-state index in [0.29, 0.717) is 28.1 Å². The second-order valence-corrected chi connectivity index (χ2v) is 16.9. The third-order valence-electron chi connectivity index (χ3n) is 11.1. The molecule has 4 heterocycles. The predicted molar refractivity (Wildman–Crippen MR) is 228 cm³/mol. The number of carbonyl (C=O) groups is 1. The molecule has 0 unspecified atom stereocenters. The first-order valence-corrected chi connectivity index (χ1v) is 20.6. The molecule has 4 aromatic heterocycles. The second kappa shape index (κ2) is 17.9. The SMILES string of the molecule is CCC(CC)C(=O)/C=C(\O)C(CC)CC.Cc1[c-]c(-c2nccc3c2sc2cc(-c4oc5c(oc6cc(CC(C)(C)C(F)(F)F)ccc65)c4C)ccc23)cc(C)c1.[Ir]. The zero-order valence-electron chi connectivity index (χ0n) is 34.5. The number of aliphatic hydroxyl groups excluding tert-OH is 1. The Labute approximate surface area is 356 Å². The molecule has 0 fully saturated rings. The van der Waals surface area contributed by atoms with E-state index < -0.39 is 11.6 Å². The van der Waals surface area contributed by atoms with Crippen molar-refractivity contribution < 1.29 is 52.0 Å². The maximum absolute atomic E-state index is 13.5. The molecule has 0 spiro atoms. The number of ketones is 1. The molecule has 309 valence electrons. The van der Waals surface area contributed by atoms with Gasteiger partial charge in [0.1, 0.15) is 11.3 Å². The molecule has 0 atom stereocenters. The molecule has 0 aliphatic heterocycles. The standard InChI is InChI=1S/C35H27F3NO2S.C13H24O2.Ir/c1-18-12-19(2)14-23(13-18)29-33-25(10-11-39-29)24-9-7-22(16-28(24)42-33)30-20(3)31-32(41-30)26-8-6-21(15-27(26)40-31)17-34(4,5)35(36,37)38;1-5-10(6-2)12(14)9-13(15)11(7-3)8-4;/h6-13,15-16H,17H2,1-5H3;9-11,14H,5-8H2,1-4H3;/q-1;;/b;12-9-;. The molecular formula is C48H51F3IrNO4S-. The fourth-order valence-corrected chi connectivity index (χ4v) is 8.82. The first kappa shape index (κ1) is 44.9. The summed E-state index contributed by atoms with van der Waals surface area (Å²) in [5, 5.41) is 12.8. The molecule has 0 saturated carbocycles. The molecule has 0 bridgehead atoms. The fraction of sp³-hybridized carbons (Fsp3) is 0.375. The zero-order valence-corrected chi connectivity index (χ0v) is 37.7. The van der Waals surface area contributed by atoms with Gasteiger partial charge in [-0.3, -0.25) is 4.79 Å². The monoisotopic (exact) mass is 987 g/mol. The van der Waals surface area contributed by atoms with Gasteiger partial charge >= 0.3 is 6.18 Å². The van der Waals surface area contributed by atoms with Gasteiger partial charge in [-0.05, 0) is 79.6 Å². The van der Waals surface area contributed by atoms with Gasteiger partial charge in [0.15, 0.2) is 16.9 Å². The number of carbonyl (C=O) groups excluding carboxylic acids is 1. The van der Waals surface area contributed by atoms with Gasteiger partial charge in [0.2, 0.25) is 0 Å². The van der Waals surface area contributed by atoms with Crippen LogP contribution in [0.15, 0.2) is 81.5 Å². The third kappa shape index (κ3) is 9.00. The van der Waals surface area contributed by atoms with Gasteiger partial charge < -0.3 is 18.9 Å². The van der Waals surface area contributed by atoms with Crippen LogP contribution in [0.4, 0.5) is 13.2 Å². The normalized spacial score (nSPS) is 12.6. The molecule has 0 amide bonds. The average Bonchev–Trinajstić information content (AvgIpc) is 3.81. The van der Waals surface area contributed by atoms with Gasteiger partial charge in [0, 0.05) is 70.4 Å². The Bertz CT molecular complexity index is 2580. The van der Waals surface area contributed by atoms with Crippen molar-refractivity contribution in [3.63, 3.8) is 0 Å². The first-order chi connectivity index (χ1) is 27.0. The van der Waals surface area contributed by atoms with Crippen LogP contribution < -0.4 is 0 Å². The van der Waals surface area contributed by atoms with Crippen molar-refractivity contribution in [3.8, 4) is 22.6 Å². The van der Waals surface area contributed by atoms with Crippen molar-refractivity contribution in [2.75, 3.05) is 0 Å². The van der Waals surface area contributed by atoms with Crippen LogP contribution in [0.1, 0.15) is 89.5 Å². The number of furan rings is 2. The van der Waals surface area contributed by atoms with E-state index in [-0.39, 0.29) is 49.9 Å². The summed E-state index contributed by atoms with van der Waals surface area (Å²) in [6, 6.07) is 21.3. The minimum absolute atomic E-state index is 0. The molecular weight excluding hydrogens is 936 g/mol. The van der Waals surface area contributed by atoms with E-state index in [1.165, 1.54) is 25.5 Å². The van der Waals surface area contributed by atoms with Crippen LogP contribution in [-0.2, 0) is 31.3 Å². The van der Waals surface area contributed by atoms with Crippen LogP contribution in [0.3, 0.4) is 0 Å². The Balaban J connectivity index is 0.000000344. The molecule has 1 radical (unpaired) electrons. The summed E-state index contributed by atoms with van der Waals surface area (Å²) in [6.45, 7) is 16.6. The summed E-state index contributed by atoms with van der Waals surface area (Å²) in [4.78, 5) is 16.4. The van der Waals surface area contributed by atoms with E-state index >= 15 is 0 Å². The van der Waals surface area contributed by atoms with Crippen molar-refractivity contribution >= 4 is 59.4 Å². The van der Waals surface area contributed by atoms with E-state index in [4.69, 9.17) is 13.8 Å². The number of nitrogens with zero attached hydrogens (tertiary/aromatic N) is 1. The fourth-order valence-electron chi connectivity index (χ4n) is 7.58. The number of fused-ring (bicyclic) bond motifs is 6. The Kier molecular flexibility index (Phi) is 13.9. The number of aliphatic hydroxyl groups is 1. The van der Waals surface area contributed by atoms with Crippen molar-refractivity contribution in [1.82, 2.24) is 4.98 Å². The van der Waals surface area contributed by atoms with E-state index in [2.05, 4.69) is 49.4 Å². The van der Waals surface area contributed by atoms with Crippen molar-refractivity contribution in [2.45, 2.75) is 101 Å². The smallest absolute Gasteiger partial charge is 0.394 e. The van der Waals surface area contributed by atoms with Gasteiger partial charge in [-0.1, -0.05) is 73.6 Å². The number of alkyl halides is 3. The van der Waals surface area contributed by atoms with Gasteiger partial charge in [-0.2, -0.15) is 13.2 Å². The number of allylic oxidation sites excluding steroid dienone is 2. The third-order valence-corrected chi connectivity index (χ3v) is 12.3. The van der Waals surface area contributed by atoms with Gasteiger partial charge in [-0.15, -0.1) is 46.2 Å². The number of rotatable bonds is 11. The molecule has 0 aliphatic carbocycles. The maximum atomic E-state index is 13.5. The van der Waals surface area contributed by atoms with Gasteiger partial charge in [0.25, 0.3) is 0 Å². The average molecular weight is 987 g/mol. The summed E-state index contributed by atoms with van der Waals surface area (Å²) in [5.74, 6) is 1.26. The Morgan fingerprint density at radius 2 is 1.53 bits per heavy atom. The number of benzene rings is 3. The number of aryl methyl sites for hydroxylation is 3. The van der Waals surface area contributed by atoms with Crippen LogP contribution in [0.5, 0.6) is 0 Å². The predicted octanol–water partition coefficient (Wildman–Crippen LogP) is 15.0. The molecule has 7 aromatic rings. The minimum atomic E-state index is -4.30. The number of pyridine rings is 1. The molecule has 7 rings (SSSR count). The molecule has 1 N–H and O–H groups in total. The van der Waals surface area contributed by atoms with E-state index in [0.717, 1.165) is 79.2 Å². The van der Waals surface area contributed by atoms with E-state index in [9.17, 15) is 23.1 Å². The summed E-state index contributed by atoms with van der Waals surface area (Å²) in [5.41, 5.74) is 6.44. The van der Waals surface area contributed by atoms with Gasteiger partial charge in [-0.25, -0.2) is 0 Å². The number of hydrogen-bond acceptors (Lipinski definition) is 6. The molecule has 0 saturated heterocycles.